The molecule has 0 N–H and O–H groups in total. The molecule has 2 unspecified atom stereocenters. The minimum atomic E-state index is -0.404. The van der Waals surface area contributed by atoms with E-state index >= 15 is 0 Å². The molecular formula is C11H14O2. The first-order chi connectivity index (χ1) is 6.24. The Kier molecular flexibility index (Phi) is 3.57. The molecule has 0 aromatic rings. The quantitative estimate of drug-likeness (QED) is 0.367. The Balaban J connectivity index is 2.39. The molecule has 2 atom stereocenters. The van der Waals surface area contributed by atoms with Gasteiger partial charge in [0.05, 0.1) is 5.92 Å². The van der Waals surface area contributed by atoms with Gasteiger partial charge in [-0.15, -0.1) is 6.42 Å². The summed E-state index contributed by atoms with van der Waals surface area (Å²) < 4.78 is 5.03. The molecule has 0 saturated carbocycles. The fourth-order valence-electron chi connectivity index (χ4n) is 1.31. The third-order valence-electron chi connectivity index (χ3n) is 2.13. The molecule has 0 saturated heterocycles. The van der Waals surface area contributed by atoms with Gasteiger partial charge in [0.2, 0.25) is 0 Å². The topological polar surface area (TPSA) is 26.3 Å². The van der Waals surface area contributed by atoms with Crippen molar-refractivity contribution in [2.45, 2.75) is 32.3 Å². The van der Waals surface area contributed by atoms with Crippen molar-refractivity contribution >= 4 is 5.97 Å². The summed E-state index contributed by atoms with van der Waals surface area (Å²) in [4.78, 5) is 11.4. The standard InChI is InChI=1S/C11H14O2/c1-3-9(2)13-11(12)10-7-5-4-6-8-10/h1,4-5,9-10H,6-8H2,2H3. The normalized spacial score (nSPS) is 23.2. The summed E-state index contributed by atoms with van der Waals surface area (Å²) in [5.74, 6) is 2.23. The predicted octanol–water partition coefficient (Wildman–Crippen LogP) is 1.91. The first-order valence-corrected chi connectivity index (χ1v) is 4.55. The number of carbonyl (C=O) groups excluding carboxylic acids is 1. The minimum absolute atomic E-state index is 0.0146. The van der Waals surface area contributed by atoms with E-state index < -0.39 is 6.10 Å². The minimum Gasteiger partial charge on any atom is -0.449 e. The molecule has 0 aromatic heterocycles. The number of allylic oxidation sites excluding steroid dienone is 2. The number of esters is 1. The second-order valence-corrected chi connectivity index (χ2v) is 3.23. The van der Waals surface area contributed by atoms with Gasteiger partial charge in [-0.05, 0) is 26.2 Å². The van der Waals surface area contributed by atoms with E-state index in [1.807, 2.05) is 6.08 Å². The summed E-state index contributed by atoms with van der Waals surface area (Å²) in [5, 5.41) is 0. The van der Waals surface area contributed by atoms with E-state index in [9.17, 15) is 4.79 Å². The van der Waals surface area contributed by atoms with Gasteiger partial charge in [-0.3, -0.25) is 4.79 Å². The number of carbonyl (C=O) groups is 1. The lowest BCUT2D eigenvalue weighted by molar-refractivity contribution is -0.151. The summed E-state index contributed by atoms with van der Waals surface area (Å²) in [7, 11) is 0. The average molecular weight is 178 g/mol. The largest absolute Gasteiger partial charge is 0.449 e. The van der Waals surface area contributed by atoms with Gasteiger partial charge in [0.15, 0.2) is 6.10 Å². The highest BCUT2D eigenvalue weighted by atomic mass is 16.5. The second-order valence-electron chi connectivity index (χ2n) is 3.23. The summed E-state index contributed by atoms with van der Waals surface area (Å²) in [6, 6.07) is 0. The van der Waals surface area contributed by atoms with Crippen molar-refractivity contribution in [3.05, 3.63) is 12.2 Å². The first kappa shape index (κ1) is 9.85. The summed E-state index contributed by atoms with van der Waals surface area (Å²) in [5.41, 5.74) is 0. The van der Waals surface area contributed by atoms with Gasteiger partial charge in [-0.2, -0.15) is 0 Å². The van der Waals surface area contributed by atoms with E-state index in [0.717, 1.165) is 19.3 Å². The molecule has 0 amide bonds. The number of ether oxygens (including phenoxy) is 1. The maximum absolute atomic E-state index is 11.4. The summed E-state index contributed by atoms with van der Waals surface area (Å²) >= 11 is 0. The molecule has 13 heavy (non-hydrogen) atoms. The number of terminal acetylenes is 1. The van der Waals surface area contributed by atoms with Crippen molar-refractivity contribution in [2.75, 3.05) is 0 Å². The Hall–Kier alpha value is -1.23. The predicted molar refractivity (Wildman–Crippen MR) is 50.9 cm³/mol. The smallest absolute Gasteiger partial charge is 0.310 e. The van der Waals surface area contributed by atoms with Gasteiger partial charge in [0.1, 0.15) is 0 Å². The molecule has 2 heteroatoms. The van der Waals surface area contributed by atoms with Crippen LogP contribution in [0.2, 0.25) is 0 Å². The van der Waals surface area contributed by atoms with Gasteiger partial charge >= 0.3 is 5.97 Å². The molecule has 0 bridgehead atoms. The third kappa shape index (κ3) is 2.95. The van der Waals surface area contributed by atoms with Crippen LogP contribution in [0.5, 0.6) is 0 Å². The summed E-state index contributed by atoms with van der Waals surface area (Å²) in [6.45, 7) is 1.70. The molecule has 1 rings (SSSR count). The van der Waals surface area contributed by atoms with Crippen molar-refractivity contribution in [3.8, 4) is 12.3 Å². The highest BCUT2D eigenvalue weighted by molar-refractivity contribution is 5.73. The second kappa shape index (κ2) is 4.71. The Morgan fingerprint density at radius 2 is 2.46 bits per heavy atom. The van der Waals surface area contributed by atoms with Gasteiger partial charge in [0.25, 0.3) is 0 Å². The average Bonchev–Trinajstić information content (AvgIpc) is 2.19. The van der Waals surface area contributed by atoms with Crippen molar-refractivity contribution in [1.29, 1.82) is 0 Å². The molecule has 0 fully saturated rings. The Morgan fingerprint density at radius 1 is 1.69 bits per heavy atom. The lowest BCUT2D eigenvalue weighted by atomic mass is 9.95. The van der Waals surface area contributed by atoms with Gasteiger partial charge in [-0.1, -0.05) is 18.1 Å². The number of hydrogen-bond donors (Lipinski definition) is 0. The highest BCUT2D eigenvalue weighted by Crippen LogP contribution is 2.19. The maximum Gasteiger partial charge on any atom is 0.310 e. The molecule has 70 valence electrons. The molecule has 1 aliphatic carbocycles. The van der Waals surface area contributed by atoms with Crippen molar-refractivity contribution in [2.24, 2.45) is 5.92 Å². The van der Waals surface area contributed by atoms with Gasteiger partial charge in [-0.25, -0.2) is 0 Å². The van der Waals surface area contributed by atoms with Gasteiger partial charge < -0.3 is 4.74 Å². The number of rotatable bonds is 2. The van der Waals surface area contributed by atoms with E-state index in [1.165, 1.54) is 0 Å². The zero-order valence-electron chi connectivity index (χ0n) is 7.82. The summed E-state index contributed by atoms with van der Waals surface area (Å²) in [6.07, 6.45) is 11.5. The van der Waals surface area contributed by atoms with E-state index in [-0.39, 0.29) is 11.9 Å². The first-order valence-electron chi connectivity index (χ1n) is 4.55. The van der Waals surface area contributed by atoms with Crippen LogP contribution in [0.3, 0.4) is 0 Å². The lowest BCUT2D eigenvalue weighted by Gasteiger charge is -2.17. The molecule has 2 nitrogen and oxygen atoms in total. The maximum atomic E-state index is 11.4. The molecule has 0 heterocycles. The monoisotopic (exact) mass is 178 g/mol. The van der Waals surface area contributed by atoms with Crippen molar-refractivity contribution < 1.29 is 9.53 Å². The van der Waals surface area contributed by atoms with Crippen LogP contribution in [0.4, 0.5) is 0 Å². The van der Waals surface area contributed by atoms with Crippen LogP contribution in [-0.4, -0.2) is 12.1 Å². The zero-order chi connectivity index (χ0) is 9.68. The Bertz CT molecular complexity index is 247. The fraction of sp³-hybridized carbons (Fsp3) is 0.545. The lowest BCUT2D eigenvalue weighted by Crippen LogP contribution is -2.22. The highest BCUT2D eigenvalue weighted by Gasteiger charge is 2.21. The number of hydrogen-bond acceptors (Lipinski definition) is 2. The van der Waals surface area contributed by atoms with E-state index in [2.05, 4.69) is 12.0 Å². The fourth-order valence-corrected chi connectivity index (χ4v) is 1.31. The van der Waals surface area contributed by atoms with Crippen LogP contribution in [0, 0.1) is 18.3 Å². The molecule has 0 aromatic carbocycles. The van der Waals surface area contributed by atoms with E-state index in [0.29, 0.717) is 0 Å². The molecule has 0 aliphatic heterocycles. The molecule has 0 spiro atoms. The Morgan fingerprint density at radius 3 is 3.00 bits per heavy atom. The van der Waals surface area contributed by atoms with Crippen LogP contribution >= 0.6 is 0 Å². The van der Waals surface area contributed by atoms with Crippen LogP contribution in [0.25, 0.3) is 0 Å². The third-order valence-corrected chi connectivity index (χ3v) is 2.13. The SMILES string of the molecule is C#CC(C)OC(=O)C1CC=CCC1. The van der Waals surface area contributed by atoms with Crippen molar-refractivity contribution in [1.82, 2.24) is 0 Å². The molecule has 0 radical (unpaired) electrons. The van der Waals surface area contributed by atoms with Crippen LogP contribution in [0.15, 0.2) is 12.2 Å². The molecular weight excluding hydrogens is 164 g/mol. The molecule has 1 aliphatic rings. The zero-order valence-corrected chi connectivity index (χ0v) is 7.82. The van der Waals surface area contributed by atoms with E-state index in [1.54, 1.807) is 6.92 Å². The van der Waals surface area contributed by atoms with Crippen LogP contribution in [-0.2, 0) is 9.53 Å². The van der Waals surface area contributed by atoms with Crippen LogP contribution in [0.1, 0.15) is 26.2 Å². The van der Waals surface area contributed by atoms with Crippen LogP contribution < -0.4 is 0 Å². The van der Waals surface area contributed by atoms with E-state index in [4.69, 9.17) is 11.2 Å². The van der Waals surface area contributed by atoms with Gasteiger partial charge in [0, 0.05) is 0 Å². The van der Waals surface area contributed by atoms with Crippen molar-refractivity contribution in [3.63, 3.8) is 0 Å². The Labute approximate surface area is 79.0 Å².